The number of fused-ring (bicyclic) bond motifs is 2. The van der Waals surface area contributed by atoms with E-state index in [-0.39, 0.29) is 21.1 Å². The van der Waals surface area contributed by atoms with Crippen LogP contribution in [0.4, 0.5) is 0 Å². The molecule has 0 aliphatic heterocycles. The third-order valence-electron chi connectivity index (χ3n) is 5.55. The summed E-state index contributed by atoms with van der Waals surface area (Å²) in [5, 5.41) is 1.03. The Kier molecular flexibility index (Phi) is 6.24. The second-order valence-corrected chi connectivity index (χ2v) is 7.85. The molecule has 2 aromatic heterocycles. The first kappa shape index (κ1) is 22.1. The van der Waals surface area contributed by atoms with Gasteiger partial charge in [0.15, 0.2) is 0 Å². The standard InChI is InChI=1S/C29H18N4.Pt/c1-2-12-25-24(9-1)18-31-29(33-25)23-11-6-8-21(17-23)15-20-7-5-10-22(16-20)28-19-30-26-13-3-4-14-27(26)32-28;/h1-14,18-19H,15H2;/q-2;+2. The molecule has 34 heavy (non-hydrogen) atoms. The molecule has 4 aromatic carbocycles. The monoisotopic (exact) mass is 617 g/mol. The first-order valence-corrected chi connectivity index (χ1v) is 10.8. The minimum Gasteiger partial charge on any atom is -0.293 e. The van der Waals surface area contributed by atoms with Crippen molar-refractivity contribution >= 4 is 21.9 Å². The number of hydrogen-bond donors (Lipinski definition) is 0. The van der Waals surface area contributed by atoms with Gasteiger partial charge in [0.2, 0.25) is 0 Å². The molecule has 0 aliphatic carbocycles. The molecule has 6 aromatic rings. The molecule has 4 nitrogen and oxygen atoms in total. The molecule has 0 radical (unpaired) electrons. The molecule has 6 rings (SSSR count). The van der Waals surface area contributed by atoms with E-state index in [1.165, 1.54) is 0 Å². The maximum absolute atomic E-state index is 4.75. The normalized spacial score (nSPS) is 10.8. The van der Waals surface area contributed by atoms with Crippen molar-refractivity contribution in [3.8, 4) is 22.6 Å². The van der Waals surface area contributed by atoms with Gasteiger partial charge in [-0.3, -0.25) is 19.9 Å². The van der Waals surface area contributed by atoms with Crippen LogP contribution in [0.1, 0.15) is 11.1 Å². The fourth-order valence-electron chi connectivity index (χ4n) is 3.91. The van der Waals surface area contributed by atoms with E-state index in [1.54, 1.807) is 0 Å². The smallest absolute Gasteiger partial charge is 0.293 e. The first-order valence-electron chi connectivity index (χ1n) is 10.8. The van der Waals surface area contributed by atoms with E-state index in [2.05, 4.69) is 34.2 Å². The average Bonchev–Trinajstić information content (AvgIpc) is 2.88. The van der Waals surface area contributed by atoms with Gasteiger partial charge in [0, 0.05) is 23.5 Å². The van der Waals surface area contributed by atoms with Crippen molar-refractivity contribution in [2.75, 3.05) is 0 Å². The zero-order valence-corrected chi connectivity index (χ0v) is 20.3. The molecule has 0 amide bonds. The molecule has 164 valence electrons. The quantitative estimate of drug-likeness (QED) is 0.225. The van der Waals surface area contributed by atoms with Crippen LogP contribution < -0.4 is 0 Å². The summed E-state index contributed by atoms with van der Waals surface area (Å²) in [5.41, 5.74) is 7.45. The Balaban J connectivity index is 0.00000241. The fourth-order valence-corrected chi connectivity index (χ4v) is 3.91. The number of para-hydroxylation sites is 3. The van der Waals surface area contributed by atoms with E-state index in [1.807, 2.05) is 85.2 Å². The van der Waals surface area contributed by atoms with Gasteiger partial charge in [0.1, 0.15) is 0 Å². The second kappa shape index (κ2) is 9.62. The molecule has 5 heteroatoms. The van der Waals surface area contributed by atoms with Crippen LogP contribution in [0.2, 0.25) is 0 Å². The van der Waals surface area contributed by atoms with E-state index < -0.39 is 0 Å². The molecular weight excluding hydrogens is 599 g/mol. The van der Waals surface area contributed by atoms with E-state index in [9.17, 15) is 0 Å². The van der Waals surface area contributed by atoms with Crippen LogP contribution in [0.3, 0.4) is 0 Å². The average molecular weight is 618 g/mol. The zero-order valence-electron chi connectivity index (χ0n) is 18.0. The summed E-state index contributed by atoms with van der Waals surface area (Å²) in [7, 11) is 0. The minimum atomic E-state index is 0. The van der Waals surface area contributed by atoms with E-state index in [0.29, 0.717) is 12.2 Å². The van der Waals surface area contributed by atoms with Crippen molar-refractivity contribution in [2.24, 2.45) is 0 Å². The van der Waals surface area contributed by atoms with Gasteiger partial charge >= 0.3 is 21.1 Å². The van der Waals surface area contributed by atoms with Crippen LogP contribution in [0.25, 0.3) is 44.6 Å². The van der Waals surface area contributed by atoms with Gasteiger partial charge in [-0.15, -0.1) is 70.8 Å². The summed E-state index contributed by atoms with van der Waals surface area (Å²) in [6, 6.07) is 35.1. The van der Waals surface area contributed by atoms with Crippen molar-refractivity contribution in [3.63, 3.8) is 0 Å². The molecule has 0 fully saturated rings. The fraction of sp³-hybridized carbons (Fsp3) is 0.0345. The van der Waals surface area contributed by atoms with Gasteiger partial charge in [0.05, 0.1) is 22.4 Å². The van der Waals surface area contributed by atoms with Crippen molar-refractivity contribution in [2.45, 2.75) is 6.42 Å². The number of benzene rings is 4. The molecule has 0 spiro atoms. The number of rotatable bonds is 4. The predicted octanol–water partition coefficient (Wildman–Crippen LogP) is 6.10. The number of aromatic nitrogens is 4. The maximum atomic E-state index is 4.75. The van der Waals surface area contributed by atoms with Gasteiger partial charge in [-0.2, -0.15) is 0 Å². The van der Waals surface area contributed by atoms with E-state index in [0.717, 1.165) is 49.9 Å². The van der Waals surface area contributed by atoms with Crippen molar-refractivity contribution in [1.82, 2.24) is 19.9 Å². The molecule has 0 saturated heterocycles. The summed E-state index contributed by atoms with van der Waals surface area (Å²) < 4.78 is 0. The molecular formula is C29H18N4Pt. The summed E-state index contributed by atoms with van der Waals surface area (Å²) in [5.74, 6) is 0.680. The Morgan fingerprint density at radius 1 is 0.559 bits per heavy atom. The van der Waals surface area contributed by atoms with Gasteiger partial charge in [-0.05, 0) is 24.6 Å². The molecule has 2 heterocycles. The maximum Gasteiger partial charge on any atom is 2.00 e. The van der Waals surface area contributed by atoms with E-state index >= 15 is 0 Å². The van der Waals surface area contributed by atoms with Gasteiger partial charge in [0.25, 0.3) is 0 Å². The second-order valence-electron chi connectivity index (χ2n) is 7.85. The SMILES string of the molecule is [Pt+2].[c-]1c(Cc2[c-]c(-c3ncc4ccccc4n3)ccc2)cccc1-c1cnc2ccccc2n1. The van der Waals surface area contributed by atoms with Crippen LogP contribution in [0, 0.1) is 12.1 Å². The van der Waals surface area contributed by atoms with Crippen LogP contribution in [0.15, 0.2) is 97.3 Å². The topological polar surface area (TPSA) is 51.6 Å². The molecule has 0 atom stereocenters. The Morgan fingerprint density at radius 2 is 1.24 bits per heavy atom. The Labute approximate surface area is 212 Å². The first-order chi connectivity index (χ1) is 16.3. The van der Waals surface area contributed by atoms with Crippen LogP contribution in [0.5, 0.6) is 0 Å². The molecule has 0 saturated carbocycles. The Morgan fingerprint density at radius 3 is 2.06 bits per heavy atom. The Hall–Kier alpha value is -3.75. The van der Waals surface area contributed by atoms with Gasteiger partial charge in [-0.1, -0.05) is 30.3 Å². The van der Waals surface area contributed by atoms with Crippen molar-refractivity contribution in [3.05, 3.63) is 121 Å². The summed E-state index contributed by atoms with van der Waals surface area (Å²) >= 11 is 0. The third kappa shape index (κ3) is 4.50. The molecule has 0 N–H and O–H groups in total. The van der Waals surface area contributed by atoms with Crippen LogP contribution in [-0.2, 0) is 27.5 Å². The summed E-state index contributed by atoms with van der Waals surface area (Å²) in [6.07, 6.45) is 4.37. The minimum absolute atomic E-state index is 0. The third-order valence-corrected chi connectivity index (χ3v) is 5.55. The largest absolute Gasteiger partial charge is 2.00 e. The van der Waals surface area contributed by atoms with Crippen LogP contribution >= 0.6 is 0 Å². The predicted molar refractivity (Wildman–Crippen MR) is 130 cm³/mol. The zero-order chi connectivity index (χ0) is 22.0. The summed E-state index contributed by atoms with van der Waals surface area (Å²) in [4.78, 5) is 18.5. The van der Waals surface area contributed by atoms with Gasteiger partial charge in [-0.25, -0.2) is 0 Å². The number of nitrogens with zero attached hydrogens (tertiary/aromatic N) is 4. The summed E-state index contributed by atoms with van der Waals surface area (Å²) in [6.45, 7) is 0. The van der Waals surface area contributed by atoms with Crippen LogP contribution in [-0.4, -0.2) is 19.9 Å². The van der Waals surface area contributed by atoms with Crippen molar-refractivity contribution in [1.29, 1.82) is 0 Å². The Bertz CT molecular complexity index is 1490. The van der Waals surface area contributed by atoms with Crippen molar-refractivity contribution < 1.29 is 21.1 Å². The molecule has 0 aliphatic rings. The number of hydrogen-bond acceptors (Lipinski definition) is 4. The molecule has 0 bridgehead atoms. The molecule has 0 unspecified atom stereocenters. The van der Waals surface area contributed by atoms with Gasteiger partial charge < -0.3 is 0 Å². The van der Waals surface area contributed by atoms with E-state index in [4.69, 9.17) is 9.97 Å².